The number of nitrogens with zero attached hydrogens (tertiary/aromatic N) is 2. The Balaban J connectivity index is 1.90. The lowest BCUT2D eigenvalue weighted by molar-refractivity contribution is 0.112. The summed E-state index contributed by atoms with van der Waals surface area (Å²) < 4.78 is 7.40. The smallest absolute Gasteiger partial charge is 0.150 e. The number of benzene rings is 1. The number of aromatic nitrogens is 2. The number of carbonyl (C=O) groups is 1. The molecule has 2 aromatic rings. The molecule has 0 saturated heterocycles. The fourth-order valence-corrected chi connectivity index (χ4v) is 1.60. The molecule has 1 aromatic carbocycles. The van der Waals surface area contributed by atoms with E-state index in [4.69, 9.17) is 4.74 Å². The van der Waals surface area contributed by atoms with Crippen LogP contribution in [0.2, 0.25) is 0 Å². The molecule has 0 saturated carbocycles. The molecule has 4 heteroatoms. The van der Waals surface area contributed by atoms with Gasteiger partial charge >= 0.3 is 0 Å². The van der Waals surface area contributed by atoms with Gasteiger partial charge in [-0.15, -0.1) is 0 Å². The van der Waals surface area contributed by atoms with E-state index in [1.165, 1.54) is 0 Å². The van der Waals surface area contributed by atoms with Gasteiger partial charge in [0.1, 0.15) is 12.0 Å². The summed E-state index contributed by atoms with van der Waals surface area (Å²) in [6.45, 7) is 0.571. The zero-order valence-electron chi connectivity index (χ0n) is 9.67. The summed E-state index contributed by atoms with van der Waals surface area (Å²) in [6.07, 6.45) is 3.37. The monoisotopic (exact) mass is 230 g/mol. The van der Waals surface area contributed by atoms with Crippen LogP contribution in [0.4, 0.5) is 0 Å². The molecule has 1 aromatic heterocycles. The predicted molar refractivity (Wildman–Crippen MR) is 64.2 cm³/mol. The largest absolute Gasteiger partial charge is 0.493 e. The second-order valence-electron chi connectivity index (χ2n) is 3.73. The van der Waals surface area contributed by atoms with Crippen LogP contribution in [0.3, 0.4) is 0 Å². The Morgan fingerprint density at radius 3 is 3.00 bits per heavy atom. The molecule has 0 radical (unpaired) electrons. The molecule has 4 nitrogen and oxygen atoms in total. The van der Waals surface area contributed by atoms with Gasteiger partial charge in [0.2, 0.25) is 0 Å². The lowest BCUT2D eigenvalue weighted by Crippen LogP contribution is -2.06. The molecule has 0 amide bonds. The van der Waals surface area contributed by atoms with Crippen molar-refractivity contribution in [1.82, 2.24) is 9.78 Å². The molecule has 0 N–H and O–H groups in total. The second-order valence-corrected chi connectivity index (χ2v) is 3.73. The van der Waals surface area contributed by atoms with E-state index in [2.05, 4.69) is 5.10 Å². The number of hydrogen-bond acceptors (Lipinski definition) is 3. The molecule has 2 rings (SSSR count). The van der Waals surface area contributed by atoms with Crippen LogP contribution in [0.1, 0.15) is 16.1 Å². The van der Waals surface area contributed by atoms with Gasteiger partial charge in [-0.3, -0.25) is 9.48 Å². The van der Waals surface area contributed by atoms with Crippen molar-refractivity contribution in [2.75, 3.05) is 6.61 Å². The molecule has 0 aliphatic carbocycles. The number of aryl methyl sites for hydroxylation is 1. The van der Waals surface area contributed by atoms with Gasteiger partial charge in [0, 0.05) is 30.9 Å². The number of aldehydes is 1. The van der Waals surface area contributed by atoms with E-state index >= 15 is 0 Å². The molecule has 0 fully saturated rings. The third kappa shape index (κ3) is 2.93. The first kappa shape index (κ1) is 11.4. The van der Waals surface area contributed by atoms with E-state index in [0.29, 0.717) is 12.2 Å². The summed E-state index contributed by atoms with van der Waals surface area (Å²) in [7, 11) is 1.91. The van der Waals surface area contributed by atoms with Crippen molar-refractivity contribution in [2.45, 2.75) is 6.42 Å². The van der Waals surface area contributed by atoms with Crippen LogP contribution in [-0.4, -0.2) is 22.7 Å². The molecule has 0 unspecified atom stereocenters. The summed E-state index contributed by atoms with van der Waals surface area (Å²) in [5, 5.41) is 4.08. The summed E-state index contributed by atoms with van der Waals surface area (Å²) in [5.41, 5.74) is 1.75. The van der Waals surface area contributed by atoms with E-state index < -0.39 is 0 Å². The van der Waals surface area contributed by atoms with Gasteiger partial charge in [0.05, 0.1) is 6.61 Å². The van der Waals surface area contributed by atoms with Gasteiger partial charge < -0.3 is 4.74 Å². The average Bonchev–Trinajstić information content (AvgIpc) is 2.76. The molecular weight excluding hydrogens is 216 g/mol. The van der Waals surface area contributed by atoms with Gasteiger partial charge in [0.25, 0.3) is 0 Å². The van der Waals surface area contributed by atoms with Gasteiger partial charge in [-0.2, -0.15) is 5.10 Å². The molecule has 0 aliphatic heterocycles. The van der Waals surface area contributed by atoms with Crippen molar-refractivity contribution >= 4 is 6.29 Å². The zero-order chi connectivity index (χ0) is 12.1. The highest BCUT2D eigenvalue weighted by Crippen LogP contribution is 2.12. The Bertz CT molecular complexity index is 506. The maximum atomic E-state index is 10.6. The average molecular weight is 230 g/mol. The van der Waals surface area contributed by atoms with Crippen molar-refractivity contribution in [3.63, 3.8) is 0 Å². The van der Waals surface area contributed by atoms with E-state index in [1.807, 2.05) is 29.9 Å². The molecule has 88 valence electrons. The lowest BCUT2D eigenvalue weighted by Gasteiger charge is -2.06. The summed E-state index contributed by atoms with van der Waals surface area (Å²) in [5.74, 6) is 0.719. The number of hydrogen-bond donors (Lipinski definition) is 0. The Morgan fingerprint density at radius 1 is 1.41 bits per heavy atom. The fraction of sp³-hybridized carbons (Fsp3) is 0.231. The highest BCUT2D eigenvalue weighted by molar-refractivity contribution is 5.75. The molecule has 0 atom stereocenters. The van der Waals surface area contributed by atoms with E-state index in [9.17, 15) is 4.79 Å². The van der Waals surface area contributed by atoms with Crippen molar-refractivity contribution in [3.05, 3.63) is 47.8 Å². The first-order valence-electron chi connectivity index (χ1n) is 5.44. The molecule has 0 spiro atoms. The summed E-state index contributed by atoms with van der Waals surface area (Å²) in [6, 6.07) is 9.10. The lowest BCUT2D eigenvalue weighted by atomic mass is 10.2. The van der Waals surface area contributed by atoms with Crippen LogP contribution in [0.15, 0.2) is 36.5 Å². The first-order valence-corrected chi connectivity index (χ1v) is 5.44. The predicted octanol–water partition coefficient (Wildman–Crippen LogP) is 1.85. The third-order valence-corrected chi connectivity index (χ3v) is 2.54. The molecule has 17 heavy (non-hydrogen) atoms. The van der Waals surface area contributed by atoms with Crippen LogP contribution < -0.4 is 4.74 Å². The fourth-order valence-electron chi connectivity index (χ4n) is 1.60. The number of ether oxygens (including phenoxy) is 1. The Kier molecular flexibility index (Phi) is 3.55. The van der Waals surface area contributed by atoms with E-state index in [1.54, 1.807) is 18.3 Å². The van der Waals surface area contributed by atoms with Crippen LogP contribution in [0, 0.1) is 0 Å². The third-order valence-electron chi connectivity index (χ3n) is 2.54. The summed E-state index contributed by atoms with van der Waals surface area (Å²) in [4.78, 5) is 10.6. The van der Waals surface area contributed by atoms with Crippen LogP contribution in [0.25, 0.3) is 0 Å². The van der Waals surface area contributed by atoms with Gasteiger partial charge in [-0.25, -0.2) is 0 Å². The topological polar surface area (TPSA) is 44.1 Å². The molecule has 0 bridgehead atoms. The summed E-state index contributed by atoms with van der Waals surface area (Å²) >= 11 is 0. The highest BCUT2D eigenvalue weighted by Gasteiger charge is 2.00. The second kappa shape index (κ2) is 5.30. The van der Waals surface area contributed by atoms with Crippen LogP contribution in [0.5, 0.6) is 5.75 Å². The first-order chi connectivity index (χ1) is 8.29. The van der Waals surface area contributed by atoms with Crippen molar-refractivity contribution < 1.29 is 9.53 Å². The van der Waals surface area contributed by atoms with Gasteiger partial charge in [-0.1, -0.05) is 12.1 Å². The van der Waals surface area contributed by atoms with Gasteiger partial charge in [0.15, 0.2) is 0 Å². The van der Waals surface area contributed by atoms with Crippen molar-refractivity contribution in [1.29, 1.82) is 0 Å². The maximum Gasteiger partial charge on any atom is 0.150 e. The van der Waals surface area contributed by atoms with Crippen LogP contribution >= 0.6 is 0 Å². The SMILES string of the molecule is Cn1nccc1CCOc1cccc(C=O)c1. The quantitative estimate of drug-likeness (QED) is 0.736. The molecular formula is C13H14N2O2. The Hall–Kier alpha value is -2.10. The minimum absolute atomic E-state index is 0.571. The number of carbonyl (C=O) groups excluding carboxylic acids is 1. The minimum Gasteiger partial charge on any atom is -0.493 e. The van der Waals surface area contributed by atoms with Crippen molar-refractivity contribution in [2.24, 2.45) is 7.05 Å². The van der Waals surface area contributed by atoms with Gasteiger partial charge in [-0.05, 0) is 18.2 Å². The Morgan fingerprint density at radius 2 is 2.29 bits per heavy atom. The highest BCUT2D eigenvalue weighted by atomic mass is 16.5. The molecule has 1 heterocycles. The van der Waals surface area contributed by atoms with E-state index in [-0.39, 0.29) is 0 Å². The maximum absolute atomic E-state index is 10.6. The minimum atomic E-state index is 0.571. The van der Waals surface area contributed by atoms with E-state index in [0.717, 1.165) is 24.2 Å². The zero-order valence-corrected chi connectivity index (χ0v) is 9.67. The normalized spacial score (nSPS) is 10.2. The standard InChI is InChI=1S/C13H14N2O2/c1-15-12(5-7-14-15)6-8-17-13-4-2-3-11(9-13)10-16/h2-5,7,9-10H,6,8H2,1H3. The van der Waals surface area contributed by atoms with Crippen LogP contribution in [-0.2, 0) is 13.5 Å². The number of rotatable bonds is 5. The Labute approximate surface area is 99.8 Å². The molecule has 0 aliphatic rings. The van der Waals surface area contributed by atoms with Crippen molar-refractivity contribution in [3.8, 4) is 5.75 Å².